The monoisotopic (exact) mass is 373 g/mol. The number of hydrogen-bond acceptors (Lipinski definition) is 3. The molecule has 6 heteroatoms. The number of aromatic nitrogens is 1. The Morgan fingerprint density at radius 2 is 1.50 bits per heavy atom. The van der Waals surface area contributed by atoms with Crippen molar-refractivity contribution < 1.29 is 14.3 Å². The van der Waals surface area contributed by atoms with Gasteiger partial charge in [0.05, 0.1) is 0 Å². The van der Waals surface area contributed by atoms with Crippen LogP contribution >= 0.6 is 0 Å². The molecule has 1 heterocycles. The van der Waals surface area contributed by atoms with Gasteiger partial charge in [0.2, 0.25) is 0 Å². The minimum absolute atomic E-state index is 0.110. The molecule has 0 aliphatic rings. The maximum absolute atomic E-state index is 12.1. The molecular weight excluding hydrogens is 354 g/mol. The topological polar surface area (TPSA) is 72.4 Å². The summed E-state index contributed by atoms with van der Waals surface area (Å²) in [5.74, 6) is -0.154. The van der Waals surface area contributed by atoms with Gasteiger partial charge in [0.15, 0.2) is 6.61 Å². The lowest BCUT2D eigenvalue weighted by molar-refractivity contribution is -0.130. The predicted octanol–water partition coefficient (Wildman–Crippen LogP) is 3.02. The van der Waals surface area contributed by atoms with Crippen LogP contribution in [0.4, 0.5) is 0 Å². The first-order chi connectivity index (χ1) is 13.7. The molecule has 0 fully saturated rings. The first-order valence-electron chi connectivity index (χ1n) is 8.92. The Labute approximate surface area is 161 Å². The van der Waals surface area contributed by atoms with E-state index in [9.17, 15) is 9.59 Å². The van der Waals surface area contributed by atoms with E-state index in [0.29, 0.717) is 5.75 Å². The zero-order valence-corrected chi connectivity index (χ0v) is 15.1. The van der Waals surface area contributed by atoms with E-state index < -0.39 is 5.91 Å². The van der Waals surface area contributed by atoms with Gasteiger partial charge in [0.1, 0.15) is 12.3 Å². The van der Waals surface area contributed by atoms with E-state index in [0.717, 1.165) is 21.7 Å². The Hall–Kier alpha value is -3.80. The summed E-state index contributed by atoms with van der Waals surface area (Å²) in [4.78, 5) is 24.0. The maximum Gasteiger partial charge on any atom is 0.276 e. The number of ether oxygens (including phenoxy) is 1. The molecule has 0 spiro atoms. The molecule has 2 amide bonds. The Kier molecular flexibility index (Phi) is 4.93. The first-order valence-corrected chi connectivity index (χ1v) is 8.92. The van der Waals surface area contributed by atoms with Gasteiger partial charge in [0.25, 0.3) is 11.8 Å². The largest absolute Gasteiger partial charge is 0.484 e. The molecule has 0 bridgehead atoms. The Morgan fingerprint density at radius 3 is 2.36 bits per heavy atom. The van der Waals surface area contributed by atoms with Crippen LogP contribution in [-0.4, -0.2) is 23.0 Å². The Morgan fingerprint density at radius 1 is 0.786 bits per heavy atom. The number of nitrogens with one attached hydrogen (secondary N) is 2. The fourth-order valence-electron chi connectivity index (χ4n) is 3.05. The van der Waals surface area contributed by atoms with Crippen LogP contribution in [0, 0.1) is 0 Å². The van der Waals surface area contributed by atoms with Crippen molar-refractivity contribution in [3.63, 3.8) is 0 Å². The van der Waals surface area contributed by atoms with E-state index in [2.05, 4.69) is 10.9 Å². The molecule has 3 aromatic carbocycles. The van der Waals surface area contributed by atoms with Crippen LogP contribution < -0.4 is 15.6 Å². The molecule has 0 saturated carbocycles. The smallest absolute Gasteiger partial charge is 0.276 e. The number of carbonyl (C=O) groups is 2. The molecular formula is C22H19N3O3. The summed E-state index contributed by atoms with van der Waals surface area (Å²) in [7, 11) is 0. The molecule has 140 valence electrons. The Bertz CT molecular complexity index is 1150. The summed E-state index contributed by atoms with van der Waals surface area (Å²) in [6.07, 6.45) is 1.84. The third kappa shape index (κ3) is 3.96. The first kappa shape index (κ1) is 17.6. The maximum atomic E-state index is 12.1. The van der Waals surface area contributed by atoms with Crippen LogP contribution in [0.15, 0.2) is 79.0 Å². The van der Waals surface area contributed by atoms with Crippen LogP contribution in [-0.2, 0) is 16.1 Å². The summed E-state index contributed by atoms with van der Waals surface area (Å²) in [6, 6.07) is 23.3. The molecule has 0 atom stereocenters. The number of carbonyl (C=O) groups excluding carboxylic acids is 2. The van der Waals surface area contributed by atoms with Crippen LogP contribution in [0.25, 0.3) is 21.7 Å². The highest BCUT2D eigenvalue weighted by molar-refractivity contribution is 5.86. The van der Waals surface area contributed by atoms with Crippen LogP contribution in [0.3, 0.4) is 0 Å². The highest BCUT2D eigenvalue weighted by Crippen LogP contribution is 2.20. The second-order valence-corrected chi connectivity index (χ2v) is 6.40. The van der Waals surface area contributed by atoms with Crippen LogP contribution in [0.5, 0.6) is 5.75 Å². The van der Waals surface area contributed by atoms with Crippen molar-refractivity contribution in [2.24, 2.45) is 0 Å². The molecule has 4 aromatic rings. The van der Waals surface area contributed by atoms with E-state index >= 15 is 0 Å². The van der Waals surface area contributed by atoms with Crippen molar-refractivity contribution in [2.75, 3.05) is 6.61 Å². The molecule has 0 radical (unpaired) electrons. The number of hydrogen-bond donors (Lipinski definition) is 2. The zero-order chi connectivity index (χ0) is 19.3. The average Bonchev–Trinajstić information content (AvgIpc) is 3.13. The lowest BCUT2D eigenvalue weighted by Crippen LogP contribution is -2.45. The predicted molar refractivity (Wildman–Crippen MR) is 108 cm³/mol. The number of benzene rings is 3. The van der Waals surface area contributed by atoms with E-state index in [1.807, 2.05) is 83.6 Å². The summed E-state index contributed by atoms with van der Waals surface area (Å²) < 4.78 is 7.33. The number of nitrogens with zero attached hydrogens (tertiary/aromatic N) is 1. The number of hydrazine groups is 1. The van der Waals surface area contributed by atoms with Gasteiger partial charge in [-0.05, 0) is 40.4 Å². The standard InChI is InChI=1S/C22H19N3O3/c26-21(14-25-12-11-17-6-3-4-8-20(17)25)23-24-22(27)15-28-19-10-9-16-5-1-2-7-18(16)13-19/h1-13H,14-15H2,(H,23,26)(H,24,27). The molecule has 0 saturated heterocycles. The number of amides is 2. The van der Waals surface area contributed by atoms with Gasteiger partial charge < -0.3 is 9.30 Å². The van der Waals surface area contributed by atoms with Crippen molar-refractivity contribution in [3.8, 4) is 5.75 Å². The quantitative estimate of drug-likeness (QED) is 0.528. The lowest BCUT2D eigenvalue weighted by atomic mass is 10.1. The molecule has 0 aliphatic carbocycles. The molecule has 0 unspecified atom stereocenters. The number of rotatable bonds is 5. The number of fused-ring (bicyclic) bond motifs is 2. The fraction of sp³-hybridized carbons (Fsp3) is 0.0909. The summed E-state index contributed by atoms with van der Waals surface area (Å²) in [5, 5.41) is 3.19. The minimum atomic E-state index is -0.432. The summed E-state index contributed by atoms with van der Waals surface area (Å²) >= 11 is 0. The minimum Gasteiger partial charge on any atom is -0.484 e. The normalized spacial score (nSPS) is 10.7. The van der Waals surface area contributed by atoms with Gasteiger partial charge in [-0.3, -0.25) is 20.4 Å². The van der Waals surface area contributed by atoms with E-state index in [4.69, 9.17) is 4.74 Å². The van der Waals surface area contributed by atoms with E-state index in [1.54, 1.807) is 0 Å². The van der Waals surface area contributed by atoms with Gasteiger partial charge in [-0.25, -0.2) is 0 Å². The molecule has 4 rings (SSSR count). The molecule has 28 heavy (non-hydrogen) atoms. The van der Waals surface area contributed by atoms with Crippen molar-refractivity contribution in [3.05, 3.63) is 79.0 Å². The van der Waals surface area contributed by atoms with Gasteiger partial charge >= 0.3 is 0 Å². The number of para-hydroxylation sites is 1. The van der Waals surface area contributed by atoms with Crippen LogP contribution in [0.2, 0.25) is 0 Å². The van der Waals surface area contributed by atoms with Gasteiger partial charge in [-0.15, -0.1) is 0 Å². The molecule has 0 aliphatic heterocycles. The second kappa shape index (κ2) is 7.84. The molecule has 1 aromatic heterocycles. The van der Waals surface area contributed by atoms with Crippen molar-refractivity contribution in [2.45, 2.75) is 6.54 Å². The second-order valence-electron chi connectivity index (χ2n) is 6.40. The van der Waals surface area contributed by atoms with Gasteiger partial charge in [-0.2, -0.15) is 0 Å². The molecule has 2 N–H and O–H groups in total. The van der Waals surface area contributed by atoms with Gasteiger partial charge in [0, 0.05) is 11.7 Å². The fourth-order valence-corrected chi connectivity index (χ4v) is 3.05. The summed E-state index contributed by atoms with van der Waals surface area (Å²) in [6.45, 7) is -0.0790. The Balaban J connectivity index is 1.27. The van der Waals surface area contributed by atoms with E-state index in [-0.39, 0.29) is 19.1 Å². The lowest BCUT2D eigenvalue weighted by Gasteiger charge is -2.10. The van der Waals surface area contributed by atoms with Crippen molar-refractivity contribution in [1.82, 2.24) is 15.4 Å². The highest BCUT2D eigenvalue weighted by atomic mass is 16.5. The summed E-state index contributed by atoms with van der Waals surface area (Å²) in [5.41, 5.74) is 5.75. The van der Waals surface area contributed by atoms with Crippen molar-refractivity contribution in [1.29, 1.82) is 0 Å². The third-order valence-electron chi connectivity index (χ3n) is 4.43. The van der Waals surface area contributed by atoms with Gasteiger partial charge in [-0.1, -0.05) is 48.5 Å². The molecule has 6 nitrogen and oxygen atoms in total. The zero-order valence-electron chi connectivity index (χ0n) is 15.1. The van der Waals surface area contributed by atoms with E-state index in [1.165, 1.54) is 0 Å². The van der Waals surface area contributed by atoms with Crippen LogP contribution in [0.1, 0.15) is 0 Å². The SMILES string of the molecule is O=C(COc1ccc2ccccc2c1)NNC(=O)Cn1ccc2ccccc21. The highest BCUT2D eigenvalue weighted by Gasteiger charge is 2.08. The third-order valence-corrected chi connectivity index (χ3v) is 4.43. The average molecular weight is 373 g/mol. The van der Waals surface area contributed by atoms with Crippen molar-refractivity contribution >= 4 is 33.5 Å².